The van der Waals surface area contributed by atoms with E-state index in [1.165, 1.54) is 24.1 Å². The summed E-state index contributed by atoms with van der Waals surface area (Å²) < 4.78 is 3.00. The molecule has 1 aromatic heterocycles. The Morgan fingerprint density at radius 3 is 2.38 bits per heavy atom. The molecule has 120 valence electrons. The molecule has 0 radical (unpaired) electrons. The van der Waals surface area contributed by atoms with Crippen LogP contribution in [0.4, 0.5) is 0 Å². The molecule has 0 fully saturated rings. The summed E-state index contributed by atoms with van der Waals surface area (Å²) in [5.41, 5.74) is 4.68. The maximum absolute atomic E-state index is 6.08. The average Bonchev–Trinajstić information content (AvgIpc) is 2.63. The van der Waals surface area contributed by atoms with Gasteiger partial charge in [-0.15, -0.1) is 0 Å². The van der Waals surface area contributed by atoms with Crippen molar-refractivity contribution in [1.82, 2.24) is 9.55 Å². The van der Waals surface area contributed by atoms with Gasteiger partial charge in [-0.2, -0.15) is 0 Å². The number of hydrogen-bond acceptors (Lipinski definition) is 2. The first kappa shape index (κ1) is 15.6. The first-order chi connectivity index (χ1) is 11.7. The molecular formula is C20H17ClN2S. The maximum Gasteiger partial charge on any atom is 0.146 e. The summed E-state index contributed by atoms with van der Waals surface area (Å²) in [5.74, 6) is 0.906. The number of aromatic nitrogens is 2. The summed E-state index contributed by atoms with van der Waals surface area (Å²) in [5, 5.41) is 0.738. The van der Waals surface area contributed by atoms with Gasteiger partial charge < -0.3 is 0 Å². The number of hydrogen-bond donors (Lipinski definition) is 0. The highest BCUT2D eigenvalue weighted by Crippen LogP contribution is 2.30. The standard InChI is InChI=1S/C20H17ClN2S/c21-15-10-12-16(13-11-15)23-18-9-5-4-8-17(18)20(24)22-19(23)14-6-2-1-3-7-14/h1-3,6-7,10-13H,4-5,8-9H2. The number of halogens is 1. The minimum Gasteiger partial charge on any atom is -0.298 e. The molecule has 2 aromatic carbocycles. The third kappa shape index (κ3) is 2.79. The Kier molecular flexibility index (Phi) is 4.21. The van der Waals surface area contributed by atoms with Gasteiger partial charge in [0, 0.05) is 27.5 Å². The lowest BCUT2D eigenvalue weighted by Crippen LogP contribution is -2.17. The molecule has 4 rings (SSSR count). The van der Waals surface area contributed by atoms with E-state index in [1.807, 2.05) is 42.5 Å². The van der Waals surface area contributed by atoms with Crippen LogP contribution in [0.25, 0.3) is 17.1 Å². The molecule has 3 aromatic rings. The summed E-state index contributed by atoms with van der Waals surface area (Å²) >= 11 is 11.7. The molecule has 0 unspecified atom stereocenters. The monoisotopic (exact) mass is 352 g/mol. The highest BCUT2D eigenvalue weighted by Gasteiger charge is 2.20. The van der Waals surface area contributed by atoms with Crippen molar-refractivity contribution in [1.29, 1.82) is 0 Å². The minimum absolute atomic E-state index is 0.738. The molecule has 0 atom stereocenters. The Morgan fingerprint density at radius 2 is 1.62 bits per heavy atom. The topological polar surface area (TPSA) is 17.8 Å². The number of benzene rings is 2. The van der Waals surface area contributed by atoms with Gasteiger partial charge in [-0.1, -0.05) is 54.2 Å². The highest BCUT2D eigenvalue weighted by molar-refractivity contribution is 7.71. The molecule has 1 heterocycles. The summed E-state index contributed by atoms with van der Waals surface area (Å²) in [6.07, 6.45) is 4.42. The normalized spacial score (nSPS) is 13.5. The van der Waals surface area contributed by atoms with Gasteiger partial charge in [0.05, 0.1) is 0 Å². The van der Waals surface area contributed by atoms with Crippen molar-refractivity contribution in [3.8, 4) is 17.1 Å². The first-order valence-electron chi connectivity index (χ1n) is 8.20. The molecule has 4 heteroatoms. The average molecular weight is 353 g/mol. The molecule has 0 spiro atoms. The molecule has 24 heavy (non-hydrogen) atoms. The van der Waals surface area contributed by atoms with E-state index in [-0.39, 0.29) is 0 Å². The van der Waals surface area contributed by atoms with Crippen LogP contribution in [0.5, 0.6) is 0 Å². The van der Waals surface area contributed by atoms with E-state index >= 15 is 0 Å². The lowest BCUT2D eigenvalue weighted by Gasteiger charge is -2.24. The van der Waals surface area contributed by atoms with E-state index in [2.05, 4.69) is 16.7 Å². The molecule has 0 amide bonds. The zero-order valence-electron chi connectivity index (χ0n) is 13.2. The van der Waals surface area contributed by atoms with E-state index in [4.69, 9.17) is 28.8 Å². The molecule has 1 aliphatic rings. The van der Waals surface area contributed by atoms with E-state index in [0.717, 1.165) is 39.6 Å². The third-order valence-electron chi connectivity index (χ3n) is 4.50. The Hall–Kier alpha value is -1.97. The largest absolute Gasteiger partial charge is 0.298 e. The van der Waals surface area contributed by atoms with Crippen molar-refractivity contribution in [3.05, 3.63) is 75.5 Å². The predicted octanol–water partition coefficient (Wildman–Crippen LogP) is 5.80. The predicted molar refractivity (Wildman–Crippen MR) is 101 cm³/mol. The van der Waals surface area contributed by atoms with Crippen molar-refractivity contribution < 1.29 is 0 Å². The molecule has 0 saturated heterocycles. The fourth-order valence-corrected chi connectivity index (χ4v) is 3.79. The second-order valence-electron chi connectivity index (χ2n) is 6.05. The smallest absolute Gasteiger partial charge is 0.146 e. The Morgan fingerprint density at radius 1 is 0.917 bits per heavy atom. The number of nitrogens with zero attached hydrogens (tertiary/aromatic N) is 2. The molecule has 0 N–H and O–H groups in total. The lowest BCUT2D eigenvalue weighted by atomic mass is 9.96. The quantitative estimate of drug-likeness (QED) is 0.542. The molecule has 0 aliphatic heterocycles. The van der Waals surface area contributed by atoms with Crippen molar-refractivity contribution >= 4 is 23.8 Å². The van der Waals surface area contributed by atoms with Crippen molar-refractivity contribution in [2.24, 2.45) is 0 Å². The highest BCUT2D eigenvalue weighted by atomic mass is 35.5. The van der Waals surface area contributed by atoms with E-state index in [9.17, 15) is 0 Å². The van der Waals surface area contributed by atoms with E-state index in [1.54, 1.807) is 0 Å². The second-order valence-corrected chi connectivity index (χ2v) is 6.87. The van der Waals surface area contributed by atoms with Crippen LogP contribution in [0, 0.1) is 4.64 Å². The van der Waals surface area contributed by atoms with E-state index in [0.29, 0.717) is 0 Å². The zero-order chi connectivity index (χ0) is 16.5. The summed E-state index contributed by atoms with van der Waals surface area (Å²) in [7, 11) is 0. The molecule has 0 bridgehead atoms. The van der Waals surface area contributed by atoms with Gasteiger partial charge in [0.25, 0.3) is 0 Å². The van der Waals surface area contributed by atoms with Crippen LogP contribution in [0.2, 0.25) is 5.02 Å². The second kappa shape index (κ2) is 6.50. The Bertz CT molecular complexity index is 930. The summed E-state index contributed by atoms with van der Waals surface area (Å²) in [6.45, 7) is 0. The fraction of sp³-hybridized carbons (Fsp3) is 0.200. The summed E-state index contributed by atoms with van der Waals surface area (Å²) in [4.78, 5) is 4.80. The van der Waals surface area contributed by atoms with Crippen LogP contribution in [0.3, 0.4) is 0 Å². The van der Waals surface area contributed by atoms with Gasteiger partial charge in [0.15, 0.2) is 0 Å². The Labute approximate surface area is 151 Å². The number of rotatable bonds is 2. The Balaban J connectivity index is 2.04. The maximum atomic E-state index is 6.08. The molecule has 0 saturated carbocycles. The van der Waals surface area contributed by atoms with Gasteiger partial charge in [0.1, 0.15) is 10.5 Å². The molecule has 1 aliphatic carbocycles. The number of fused-ring (bicyclic) bond motifs is 1. The minimum atomic E-state index is 0.738. The van der Waals surface area contributed by atoms with Gasteiger partial charge in [-0.25, -0.2) is 4.98 Å². The molecular weight excluding hydrogens is 336 g/mol. The van der Waals surface area contributed by atoms with Crippen LogP contribution < -0.4 is 0 Å². The third-order valence-corrected chi connectivity index (χ3v) is 5.09. The van der Waals surface area contributed by atoms with Crippen molar-refractivity contribution in [3.63, 3.8) is 0 Å². The fourth-order valence-electron chi connectivity index (χ4n) is 3.36. The zero-order valence-corrected chi connectivity index (χ0v) is 14.8. The van der Waals surface area contributed by atoms with Crippen molar-refractivity contribution in [2.45, 2.75) is 25.7 Å². The van der Waals surface area contributed by atoms with Gasteiger partial charge in [-0.3, -0.25) is 4.57 Å². The van der Waals surface area contributed by atoms with Crippen molar-refractivity contribution in [2.75, 3.05) is 0 Å². The van der Waals surface area contributed by atoms with Crippen LogP contribution in [0.1, 0.15) is 24.1 Å². The van der Waals surface area contributed by atoms with Crippen LogP contribution in [-0.4, -0.2) is 9.55 Å². The van der Waals surface area contributed by atoms with Crippen LogP contribution in [0.15, 0.2) is 54.6 Å². The van der Waals surface area contributed by atoms with Gasteiger partial charge in [-0.05, 0) is 49.9 Å². The lowest BCUT2D eigenvalue weighted by molar-refractivity contribution is 0.642. The van der Waals surface area contributed by atoms with Crippen LogP contribution in [-0.2, 0) is 12.8 Å². The molecule has 2 nitrogen and oxygen atoms in total. The first-order valence-corrected chi connectivity index (χ1v) is 8.99. The van der Waals surface area contributed by atoms with Gasteiger partial charge >= 0.3 is 0 Å². The van der Waals surface area contributed by atoms with E-state index < -0.39 is 0 Å². The van der Waals surface area contributed by atoms with Crippen LogP contribution >= 0.6 is 23.8 Å². The SMILES string of the molecule is S=c1nc(-c2ccccc2)n(-c2ccc(Cl)cc2)c2c1CCCC2. The van der Waals surface area contributed by atoms with Gasteiger partial charge in [0.2, 0.25) is 0 Å². The summed E-state index contributed by atoms with van der Waals surface area (Å²) in [6, 6.07) is 18.2.